The van der Waals surface area contributed by atoms with Crippen LogP contribution in [-0.2, 0) is 4.79 Å². The number of carbonyl (C=O) groups is 1. The number of hydrogen-bond acceptors (Lipinski definition) is 6. The molecule has 0 aromatic rings. The monoisotopic (exact) mass is 222 g/mol. The van der Waals surface area contributed by atoms with Gasteiger partial charge >= 0.3 is 0 Å². The molecule has 0 aliphatic rings. The number of Topliss-reactive ketones (excluding diaryl/α,β-unsaturated/α-hetero) is 1. The van der Waals surface area contributed by atoms with Crippen LogP contribution in [0, 0.1) is 10.8 Å². The molecular formula is C9H18O6. The Labute approximate surface area is 87.8 Å². The van der Waals surface area contributed by atoms with Gasteiger partial charge in [-0.3, -0.25) is 4.79 Å². The van der Waals surface area contributed by atoms with Crippen molar-refractivity contribution in [3.05, 3.63) is 0 Å². The van der Waals surface area contributed by atoms with Gasteiger partial charge < -0.3 is 25.5 Å². The first kappa shape index (κ1) is 14.5. The number of hydrogen-bond donors (Lipinski definition) is 5. The van der Waals surface area contributed by atoms with Gasteiger partial charge in [-0.25, -0.2) is 0 Å². The molecule has 15 heavy (non-hydrogen) atoms. The molecule has 5 N–H and O–H groups in total. The van der Waals surface area contributed by atoms with Gasteiger partial charge in [0.15, 0.2) is 0 Å². The van der Waals surface area contributed by atoms with E-state index in [1.165, 1.54) is 0 Å². The SMILES string of the molecule is CC(=O)C(CO)(CO)C(CO)(CO)CO. The molecule has 0 bridgehead atoms. The lowest BCUT2D eigenvalue weighted by Gasteiger charge is -2.43. The Balaban J connectivity index is 5.44. The quantitative estimate of drug-likeness (QED) is 0.325. The molecule has 0 fully saturated rings. The third kappa shape index (κ3) is 2.04. The van der Waals surface area contributed by atoms with Crippen LogP contribution in [0.3, 0.4) is 0 Å². The molecule has 0 aromatic heterocycles. The van der Waals surface area contributed by atoms with Crippen LogP contribution in [0.15, 0.2) is 0 Å². The maximum Gasteiger partial charge on any atom is 0.141 e. The molecule has 0 atom stereocenters. The van der Waals surface area contributed by atoms with Gasteiger partial charge in [-0.2, -0.15) is 0 Å². The van der Waals surface area contributed by atoms with Crippen molar-refractivity contribution in [1.82, 2.24) is 0 Å². The second kappa shape index (κ2) is 5.53. The van der Waals surface area contributed by atoms with Gasteiger partial charge in [0.25, 0.3) is 0 Å². The minimum atomic E-state index is -1.73. The summed E-state index contributed by atoms with van der Waals surface area (Å²) in [5.41, 5.74) is -3.35. The van der Waals surface area contributed by atoms with E-state index >= 15 is 0 Å². The Morgan fingerprint density at radius 2 is 1.20 bits per heavy atom. The van der Waals surface area contributed by atoms with Gasteiger partial charge in [-0.05, 0) is 6.92 Å². The van der Waals surface area contributed by atoms with Crippen molar-refractivity contribution >= 4 is 5.78 Å². The molecule has 0 aromatic carbocycles. The fourth-order valence-electron chi connectivity index (χ4n) is 1.59. The molecule has 0 heterocycles. The summed E-state index contributed by atoms with van der Waals surface area (Å²) in [5.74, 6) is -0.593. The van der Waals surface area contributed by atoms with Crippen molar-refractivity contribution in [2.45, 2.75) is 6.92 Å². The lowest BCUT2D eigenvalue weighted by molar-refractivity contribution is -0.164. The van der Waals surface area contributed by atoms with Crippen molar-refractivity contribution in [3.8, 4) is 0 Å². The number of aliphatic hydroxyl groups is 5. The Hall–Kier alpha value is -0.530. The lowest BCUT2D eigenvalue weighted by atomic mass is 9.63. The van der Waals surface area contributed by atoms with Crippen LogP contribution in [-0.4, -0.2) is 64.4 Å². The Bertz CT molecular complexity index is 198. The summed E-state index contributed by atoms with van der Waals surface area (Å²) in [6.07, 6.45) is 0. The molecular weight excluding hydrogens is 204 g/mol. The second-order valence-corrected chi connectivity index (χ2v) is 3.71. The van der Waals surface area contributed by atoms with Crippen LogP contribution in [0.25, 0.3) is 0 Å². The summed E-state index contributed by atoms with van der Waals surface area (Å²) in [6.45, 7) is -2.49. The third-order valence-electron chi connectivity index (χ3n) is 3.14. The summed E-state index contributed by atoms with van der Waals surface area (Å²) in [7, 11) is 0. The number of aliphatic hydroxyl groups excluding tert-OH is 5. The molecule has 0 amide bonds. The topological polar surface area (TPSA) is 118 Å². The minimum Gasteiger partial charge on any atom is -0.396 e. The fourth-order valence-corrected chi connectivity index (χ4v) is 1.59. The van der Waals surface area contributed by atoms with Crippen LogP contribution in [0.4, 0.5) is 0 Å². The van der Waals surface area contributed by atoms with E-state index in [-0.39, 0.29) is 0 Å². The van der Waals surface area contributed by atoms with Gasteiger partial charge in [0.2, 0.25) is 0 Å². The van der Waals surface area contributed by atoms with E-state index in [1.807, 2.05) is 0 Å². The zero-order valence-corrected chi connectivity index (χ0v) is 8.68. The van der Waals surface area contributed by atoms with Gasteiger partial charge in [-0.1, -0.05) is 0 Å². The summed E-state index contributed by atoms with van der Waals surface area (Å²) in [6, 6.07) is 0. The maximum absolute atomic E-state index is 11.4. The van der Waals surface area contributed by atoms with Gasteiger partial charge in [0.1, 0.15) is 5.78 Å². The van der Waals surface area contributed by atoms with Gasteiger partial charge in [0.05, 0.1) is 43.9 Å². The Morgan fingerprint density at radius 3 is 1.27 bits per heavy atom. The first-order chi connectivity index (χ1) is 7.00. The van der Waals surface area contributed by atoms with E-state index in [9.17, 15) is 4.79 Å². The van der Waals surface area contributed by atoms with Crippen LogP contribution >= 0.6 is 0 Å². The van der Waals surface area contributed by atoms with Crippen molar-refractivity contribution in [2.24, 2.45) is 10.8 Å². The predicted molar refractivity (Wildman–Crippen MR) is 51.0 cm³/mol. The highest BCUT2D eigenvalue weighted by molar-refractivity contribution is 5.83. The lowest BCUT2D eigenvalue weighted by Crippen LogP contribution is -2.58. The zero-order chi connectivity index (χ0) is 12.1. The normalized spacial score (nSPS) is 12.9. The molecule has 90 valence electrons. The highest BCUT2D eigenvalue weighted by Gasteiger charge is 2.53. The summed E-state index contributed by atoms with van der Waals surface area (Å²) in [5, 5.41) is 45.7. The highest BCUT2D eigenvalue weighted by Crippen LogP contribution is 2.39. The molecule has 6 nitrogen and oxygen atoms in total. The van der Waals surface area contributed by atoms with Crippen LogP contribution in [0.1, 0.15) is 6.92 Å². The average Bonchev–Trinajstić information content (AvgIpc) is 2.26. The third-order valence-corrected chi connectivity index (χ3v) is 3.14. The van der Waals surface area contributed by atoms with Crippen molar-refractivity contribution < 1.29 is 30.3 Å². The Morgan fingerprint density at radius 1 is 0.867 bits per heavy atom. The zero-order valence-electron chi connectivity index (χ0n) is 8.68. The summed E-state index contributed by atoms with van der Waals surface area (Å²) >= 11 is 0. The van der Waals surface area contributed by atoms with Crippen LogP contribution < -0.4 is 0 Å². The summed E-state index contributed by atoms with van der Waals surface area (Å²) < 4.78 is 0. The fraction of sp³-hybridized carbons (Fsp3) is 0.889. The van der Waals surface area contributed by atoms with E-state index < -0.39 is 49.6 Å². The van der Waals surface area contributed by atoms with Crippen molar-refractivity contribution in [1.29, 1.82) is 0 Å². The number of carbonyl (C=O) groups excluding carboxylic acids is 1. The molecule has 0 saturated carbocycles. The molecule has 0 rings (SSSR count). The van der Waals surface area contributed by atoms with E-state index in [0.717, 1.165) is 6.92 Å². The molecule has 0 spiro atoms. The highest BCUT2D eigenvalue weighted by atomic mass is 16.3. The van der Waals surface area contributed by atoms with E-state index in [4.69, 9.17) is 25.5 Å². The summed E-state index contributed by atoms with van der Waals surface area (Å²) in [4.78, 5) is 11.4. The number of ketones is 1. The average molecular weight is 222 g/mol. The Kier molecular flexibility index (Phi) is 5.33. The van der Waals surface area contributed by atoms with E-state index in [0.29, 0.717) is 0 Å². The van der Waals surface area contributed by atoms with Gasteiger partial charge in [0, 0.05) is 0 Å². The molecule has 0 radical (unpaired) electrons. The smallest absolute Gasteiger partial charge is 0.141 e. The van der Waals surface area contributed by atoms with Gasteiger partial charge in [-0.15, -0.1) is 0 Å². The molecule has 0 aliphatic carbocycles. The largest absolute Gasteiger partial charge is 0.396 e. The second-order valence-electron chi connectivity index (χ2n) is 3.71. The molecule has 6 heteroatoms. The molecule has 0 aliphatic heterocycles. The van der Waals surface area contributed by atoms with E-state index in [2.05, 4.69) is 0 Å². The first-order valence-corrected chi connectivity index (χ1v) is 4.55. The maximum atomic E-state index is 11.4. The first-order valence-electron chi connectivity index (χ1n) is 4.55. The molecule has 0 unspecified atom stereocenters. The standard InChI is InChI=1S/C9H18O6/c1-7(15)9(5-13,6-14)8(2-10,3-11)4-12/h10-14H,2-6H2,1H3. The van der Waals surface area contributed by atoms with E-state index in [1.54, 1.807) is 0 Å². The van der Waals surface area contributed by atoms with Crippen molar-refractivity contribution in [2.75, 3.05) is 33.0 Å². The predicted octanol–water partition coefficient (Wildman–Crippen LogP) is -2.49. The van der Waals surface area contributed by atoms with Crippen LogP contribution in [0.2, 0.25) is 0 Å². The van der Waals surface area contributed by atoms with Crippen molar-refractivity contribution in [3.63, 3.8) is 0 Å². The molecule has 0 saturated heterocycles. The minimum absolute atomic E-state index is 0.593. The number of rotatable bonds is 7. The van der Waals surface area contributed by atoms with Crippen LogP contribution in [0.5, 0.6) is 0 Å².